The summed E-state index contributed by atoms with van der Waals surface area (Å²) >= 11 is 0. The smallest absolute Gasteiger partial charge is 0.106 e. The number of hydrogen-bond acceptors (Lipinski definition) is 4. The number of ether oxygens (including phenoxy) is 2. The summed E-state index contributed by atoms with van der Waals surface area (Å²) in [5.41, 5.74) is -0.217. The van der Waals surface area contributed by atoms with Crippen LogP contribution < -0.4 is 5.32 Å². The Morgan fingerprint density at radius 3 is 3.00 bits per heavy atom. The first-order chi connectivity index (χ1) is 6.22. The van der Waals surface area contributed by atoms with E-state index in [2.05, 4.69) is 11.4 Å². The molecule has 1 N–H and O–H groups in total. The average molecular weight is 184 g/mol. The lowest BCUT2D eigenvalue weighted by Crippen LogP contribution is -2.45. The van der Waals surface area contributed by atoms with Gasteiger partial charge in [-0.25, -0.2) is 0 Å². The lowest BCUT2D eigenvalue weighted by atomic mass is 10.0. The fraction of sp³-hybridized carbons (Fsp3) is 0.889. The van der Waals surface area contributed by atoms with Gasteiger partial charge in [0, 0.05) is 26.7 Å². The average Bonchev–Trinajstić information content (AvgIpc) is 2.63. The highest BCUT2D eigenvalue weighted by Gasteiger charge is 2.34. The second-order valence-electron chi connectivity index (χ2n) is 3.42. The molecule has 1 saturated heterocycles. The van der Waals surface area contributed by atoms with Crippen molar-refractivity contribution in [2.24, 2.45) is 0 Å². The Labute approximate surface area is 78.8 Å². The Bertz CT molecular complexity index is 194. The largest absolute Gasteiger partial charge is 0.378 e. The molecule has 0 saturated carbocycles. The molecule has 0 radical (unpaired) electrons. The van der Waals surface area contributed by atoms with Crippen molar-refractivity contribution >= 4 is 0 Å². The van der Waals surface area contributed by atoms with Gasteiger partial charge in [-0.2, -0.15) is 5.26 Å². The second kappa shape index (κ2) is 4.56. The maximum Gasteiger partial charge on any atom is 0.106 e. The molecule has 74 valence electrons. The van der Waals surface area contributed by atoms with Gasteiger partial charge in [-0.3, -0.25) is 5.32 Å². The van der Waals surface area contributed by atoms with Crippen molar-refractivity contribution in [1.82, 2.24) is 5.32 Å². The van der Waals surface area contributed by atoms with E-state index in [0.717, 1.165) is 13.0 Å². The van der Waals surface area contributed by atoms with Gasteiger partial charge in [-0.15, -0.1) is 0 Å². The first kappa shape index (κ1) is 10.5. The number of nitrogens with one attached hydrogen (secondary N) is 1. The van der Waals surface area contributed by atoms with Gasteiger partial charge >= 0.3 is 0 Å². The van der Waals surface area contributed by atoms with Gasteiger partial charge in [-0.05, 0) is 6.92 Å². The van der Waals surface area contributed by atoms with Crippen LogP contribution in [0.5, 0.6) is 0 Å². The SMILES string of the molecule is COC1(CNC(C)C#N)CCOC1. The molecule has 0 aromatic carbocycles. The predicted molar refractivity (Wildman–Crippen MR) is 48.3 cm³/mol. The highest BCUT2D eigenvalue weighted by Crippen LogP contribution is 2.21. The summed E-state index contributed by atoms with van der Waals surface area (Å²) in [6.45, 7) is 3.88. The van der Waals surface area contributed by atoms with E-state index in [1.54, 1.807) is 7.11 Å². The number of hydrogen-bond donors (Lipinski definition) is 1. The molecule has 4 nitrogen and oxygen atoms in total. The van der Waals surface area contributed by atoms with Gasteiger partial charge in [0.05, 0.1) is 18.7 Å². The van der Waals surface area contributed by atoms with Crippen LogP contribution in [0, 0.1) is 11.3 Å². The Kier molecular flexibility index (Phi) is 3.67. The van der Waals surface area contributed by atoms with E-state index < -0.39 is 0 Å². The van der Waals surface area contributed by atoms with Crippen molar-refractivity contribution in [3.63, 3.8) is 0 Å². The number of rotatable bonds is 4. The Morgan fingerprint density at radius 1 is 1.77 bits per heavy atom. The second-order valence-corrected chi connectivity index (χ2v) is 3.42. The van der Waals surface area contributed by atoms with E-state index >= 15 is 0 Å². The molecule has 0 spiro atoms. The van der Waals surface area contributed by atoms with Crippen LogP contribution in [0.3, 0.4) is 0 Å². The first-order valence-corrected chi connectivity index (χ1v) is 4.48. The van der Waals surface area contributed by atoms with Crippen LogP contribution in [0.4, 0.5) is 0 Å². The van der Waals surface area contributed by atoms with E-state index in [0.29, 0.717) is 13.2 Å². The molecular formula is C9H16N2O2. The van der Waals surface area contributed by atoms with Crippen LogP contribution in [0.1, 0.15) is 13.3 Å². The fourth-order valence-corrected chi connectivity index (χ4v) is 1.35. The van der Waals surface area contributed by atoms with Crippen LogP contribution in [0.15, 0.2) is 0 Å². The van der Waals surface area contributed by atoms with Gasteiger partial charge in [0.2, 0.25) is 0 Å². The molecule has 13 heavy (non-hydrogen) atoms. The lowest BCUT2D eigenvalue weighted by molar-refractivity contribution is -0.0163. The zero-order valence-electron chi connectivity index (χ0n) is 8.17. The minimum Gasteiger partial charge on any atom is -0.378 e. The highest BCUT2D eigenvalue weighted by atomic mass is 16.5. The number of nitrogens with zero attached hydrogens (tertiary/aromatic N) is 1. The van der Waals surface area contributed by atoms with Crippen LogP contribution >= 0.6 is 0 Å². The quantitative estimate of drug-likeness (QED) is 0.682. The van der Waals surface area contributed by atoms with Crippen molar-refractivity contribution < 1.29 is 9.47 Å². The molecular weight excluding hydrogens is 168 g/mol. The van der Waals surface area contributed by atoms with E-state index in [9.17, 15) is 0 Å². The Hall–Kier alpha value is -0.630. The van der Waals surface area contributed by atoms with Gasteiger partial charge in [0.25, 0.3) is 0 Å². The molecule has 0 aliphatic carbocycles. The molecule has 2 unspecified atom stereocenters. The Balaban J connectivity index is 2.36. The zero-order chi connectivity index (χ0) is 9.73. The molecule has 1 aliphatic heterocycles. The summed E-state index contributed by atoms with van der Waals surface area (Å²) in [7, 11) is 1.69. The van der Waals surface area contributed by atoms with Crippen LogP contribution in [-0.4, -0.2) is 38.5 Å². The summed E-state index contributed by atoms with van der Waals surface area (Å²) in [4.78, 5) is 0. The molecule has 0 bridgehead atoms. The fourth-order valence-electron chi connectivity index (χ4n) is 1.35. The minimum atomic E-state index is -0.217. The number of methoxy groups -OCH3 is 1. The molecule has 1 heterocycles. The third kappa shape index (κ3) is 2.66. The van der Waals surface area contributed by atoms with Gasteiger partial charge < -0.3 is 9.47 Å². The topological polar surface area (TPSA) is 54.3 Å². The van der Waals surface area contributed by atoms with Crippen molar-refractivity contribution in [2.45, 2.75) is 25.0 Å². The summed E-state index contributed by atoms with van der Waals surface area (Å²) in [5.74, 6) is 0. The van der Waals surface area contributed by atoms with Crippen molar-refractivity contribution in [1.29, 1.82) is 5.26 Å². The third-order valence-electron chi connectivity index (χ3n) is 2.42. The molecule has 1 rings (SSSR count). The molecule has 0 aromatic rings. The van der Waals surface area contributed by atoms with Crippen LogP contribution in [0.25, 0.3) is 0 Å². The normalized spacial score (nSPS) is 29.9. The lowest BCUT2D eigenvalue weighted by Gasteiger charge is -2.26. The van der Waals surface area contributed by atoms with Crippen molar-refractivity contribution in [3.05, 3.63) is 0 Å². The van der Waals surface area contributed by atoms with E-state index in [1.165, 1.54) is 0 Å². The van der Waals surface area contributed by atoms with Gasteiger partial charge in [0.1, 0.15) is 5.60 Å². The van der Waals surface area contributed by atoms with Crippen molar-refractivity contribution in [2.75, 3.05) is 26.9 Å². The monoisotopic (exact) mass is 184 g/mol. The maximum absolute atomic E-state index is 8.58. The highest BCUT2D eigenvalue weighted by molar-refractivity contribution is 4.92. The van der Waals surface area contributed by atoms with E-state index in [1.807, 2.05) is 6.92 Å². The van der Waals surface area contributed by atoms with Crippen LogP contribution in [0.2, 0.25) is 0 Å². The summed E-state index contributed by atoms with van der Waals surface area (Å²) < 4.78 is 10.7. The minimum absolute atomic E-state index is 0.132. The third-order valence-corrected chi connectivity index (χ3v) is 2.42. The molecule has 1 fully saturated rings. The molecule has 0 amide bonds. The Morgan fingerprint density at radius 2 is 2.54 bits per heavy atom. The van der Waals surface area contributed by atoms with Crippen molar-refractivity contribution in [3.8, 4) is 6.07 Å². The molecule has 0 aromatic heterocycles. The van der Waals surface area contributed by atoms with E-state index in [-0.39, 0.29) is 11.6 Å². The molecule has 4 heteroatoms. The summed E-state index contributed by atoms with van der Waals surface area (Å²) in [5, 5.41) is 11.7. The maximum atomic E-state index is 8.58. The van der Waals surface area contributed by atoms with Gasteiger partial charge in [-0.1, -0.05) is 0 Å². The predicted octanol–water partition coefficient (Wildman–Crippen LogP) is 0.294. The summed E-state index contributed by atoms with van der Waals surface area (Å²) in [6, 6.07) is 1.99. The van der Waals surface area contributed by atoms with Gasteiger partial charge in [0.15, 0.2) is 0 Å². The standard InChI is InChI=1S/C9H16N2O2/c1-8(5-10)11-6-9(12-2)3-4-13-7-9/h8,11H,3-4,6-7H2,1-2H3. The first-order valence-electron chi connectivity index (χ1n) is 4.48. The van der Waals surface area contributed by atoms with Crippen LogP contribution in [-0.2, 0) is 9.47 Å². The summed E-state index contributed by atoms with van der Waals surface area (Å²) in [6.07, 6.45) is 0.897. The number of nitriles is 1. The molecule has 2 atom stereocenters. The molecule has 1 aliphatic rings. The van der Waals surface area contributed by atoms with E-state index in [4.69, 9.17) is 14.7 Å². The zero-order valence-corrected chi connectivity index (χ0v) is 8.17.